The minimum atomic E-state index is -0.121. The molecule has 1 atom stereocenters. The molecule has 0 spiro atoms. The van der Waals surface area contributed by atoms with Crippen molar-refractivity contribution in [1.82, 2.24) is 5.32 Å². The number of methoxy groups -OCH3 is 1. The zero-order valence-corrected chi connectivity index (χ0v) is 15.5. The van der Waals surface area contributed by atoms with Gasteiger partial charge < -0.3 is 19.5 Å². The number of carbonyl (C=O) groups is 1. The molecule has 0 aliphatic carbocycles. The largest absolute Gasteiger partial charge is 0.486 e. The first-order valence-electron chi connectivity index (χ1n) is 8.86. The SMILES string of the molecule is COCc1cccc(C(=O)NC(c2ccc3c(c2)OCCO3)C(C)C)c1. The fourth-order valence-electron chi connectivity index (χ4n) is 3.08. The number of hydrogen-bond donors (Lipinski definition) is 1. The molecule has 2 aromatic carbocycles. The van der Waals surface area contributed by atoms with E-state index in [4.69, 9.17) is 14.2 Å². The van der Waals surface area contributed by atoms with Crippen molar-refractivity contribution < 1.29 is 19.0 Å². The minimum absolute atomic E-state index is 0.100. The van der Waals surface area contributed by atoms with E-state index in [-0.39, 0.29) is 17.9 Å². The summed E-state index contributed by atoms with van der Waals surface area (Å²) in [4.78, 5) is 12.8. The second-order valence-corrected chi connectivity index (χ2v) is 6.73. The average molecular weight is 355 g/mol. The standard InChI is InChI=1S/C21H25NO4/c1-14(2)20(16-7-8-18-19(12-16)26-10-9-25-18)22-21(23)17-6-4-5-15(11-17)13-24-3/h4-8,11-12,14,20H,9-10,13H2,1-3H3,(H,22,23). The second-order valence-electron chi connectivity index (χ2n) is 6.73. The third kappa shape index (κ3) is 4.17. The number of hydrogen-bond acceptors (Lipinski definition) is 4. The Labute approximate surface area is 154 Å². The predicted molar refractivity (Wildman–Crippen MR) is 99.6 cm³/mol. The molecule has 0 radical (unpaired) electrons. The van der Waals surface area contributed by atoms with Crippen LogP contribution in [0.2, 0.25) is 0 Å². The maximum absolute atomic E-state index is 12.8. The van der Waals surface area contributed by atoms with Crippen LogP contribution in [0, 0.1) is 5.92 Å². The monoisotopic (exact) mass is 355 g/mol. The van der Waals surface area contributed by atoms with Gasteiger partial charge in [0, 0.05) is 12.7 Å². The van der Waals surface area contributed by atoms with Gasteiger partial charge in [-0.3, -0.25) is 4.79 Å². The lowest BCUT2D eigenvalue weighted by atomic mass is 9.95. The first kappa shape index (κ1) is 18.3. The lowest BCUT2D eigenvalue weighted by Crippen LogP contribution is -2.32. The van der Waals surface area contributed by atoms with E-state index in [0.717, 1.165) is 22.6 Å². The molecule has 5 nitrogen and oxygen atoms in total. The first-order chi connectivity index (χ1) is 12.6. The molecule has 1 N–H and O–H groups in total. The van der Waals surface area contributed by atoms with Gasteiger partial charge in [0.25, 0.3) is 5.91 Å². The van der Waals surface area contributed by atoms with Gasteiger partial charge in [-0.2, -0.15) is 0 Å². The van der Waals surface area contributed by atoms with E-state index >= 15 is 0 Å². The van der Waals surface area contributed by atoms with Crippen LogP contribution >= 0.6 is 0 Å². The van der Waals surface area contributed by atoms with Crippen molar-refractivity contribution in [2.75, 3.05) is 20.3 Å². The topological polar surface area (TPSA) is 56.8 Å². The van der Waals surface area contributed by atoms with Gasteiger partial charge in [-0.05, 0) is 41.3 Å². The minimum Gasteiger partial charge on any atom is -0.486 e. The molecule has 2 aromatic rings. The highest BCUT2D eigenvalue weighted by Crippen LogP contribution is 2.34. The summed E-state index contributed by atoms with van der Waals surface area (Å²) >= 11 is 0. The third-order valence-electron chi connectivity index (χ3n) is 4.38. The molecule has 138 valence electrons. The fourth-order valence-corrected chi connectivity index (χ4v) is 3.08. The maximum atomic E-state index is 12.8. The normalized spacial score (nSPS) is 14.2. The van der Waals surface area contributed by atoms with Crippen molar-refractivity contribution >= 4 is 5.91 Å². The van der Waals surface area contributed by atoms with Crippen molar-refractivity contribution in [1.29, 1.82) is 0 Å². The van der Waals surface area contributed by atoms with E-state index in [1.807, 2.05) is 42.5 Å². The molecule has 0 saturated carbocycles. The number of rotatable bonds is 6. The molecule has 1 unspecified atom stereocenters. The fraction of sp³-hybridized carbons (Fsp3) is 0.381. The molecule has 0 bridgehead atoms. The molecular weight excluding hydrogens is 330 g/mol. The summed E-state index contributed by atoms with van der Waals surface area (Å²) < 4.78 is 16.4. The molecule has 0 fully saturated rings. The quantitative estimate of drug-likeness (QED) is 0.858. The Balaban J connectivity index is 1.80. The highest BCUT2D eigenvalue weighted by molar-refractivity contribution is 5.94. The van der Waals surface area contributed by atoms with Crippen LogP contribution in [0.5, 0.6) is 11.5 Å². The van der Waals surface area contributed by atoms with E-state index in [1.165, 1.54) is 0 Å². The van der Waals surface area contributed by atoms with Crippen LogP contribution in [0.25, 0.3) is 0 Å². The first-order valence-corrected chi connectivity index (χ1v) is 8.86. The van der Waals surface area contributed by atoms with E-state index in [2.05, 4.69) is 19.2 Å². The Morgan fingerprint density at radius 3 is 2.62 bits per heavy atom. The Hall–Kier alpha value is -2.53. The van der Waals surface area contributed by atoms with Gasteiger partial charge in [0.05, 0.1) is 12.6 Å². The van der Waals surface area contributed by atoms with Gasteiger partial charge in [-0.25, -0.2) is 0 Å². The van der Waals surface area contributed by atoms with Gasteiger partial charge in [0.15, 0.2) is 11.5 Å². The van der Waals surface area contributed by atoms with Crippen LogP contribution in [0.1, 0.15) is 41.4 Å². The van der Waals surface area contributed by atoms with E-state index in [1.54, 1.807) is 7.11 Å². The number of carbonyl (C=O) groups excluding carboxylic acids is 1. The van der Waals surface area contributed by atoms with E-state index in [9.17, 15) is 4.79 Å². The summed E-state index contributed by atoms with van der Waals surface area (Å²) in [7, 11) is 1.64. The molecule has 1 aliphatic rings. The summed E-state index contributed by atoms with van der Waals surface area (Å²) in [5, 5.41) is 3.15. The highest BCUT2D eigenvalue weighted by atomic mass is 16.6. The van der Waals surface area contributed by atoms with Gasteiger partial charge in [-0.15, -0.1) is 0 Å². The van der Waals surface area contributed by atoms with Crippen LogP contribution in [0.3, 0.4) is 0 Å². The third-order valence-corrected chi connectivity index (χ3v) is 4.38. The van der Waals surface area contributed by atoms with Gasteiger partial charge in [0.1, 0.15) is 13.2 Å². The summed E-state index contributed by atoms with van der Waals surface area (Å²) in [6.45, 7) is 5.76. The van der Waals surface area contributed by atoms with Crippen LogP contribution in [-0.2, 0) is 11.3 Å². The summed E-state index contributed by atoms with van der Waals surface area (Å²) in [5.41, 5.74) is 2.61. The van der Waals surface area contributed by atoms with Crippen molar-refractivity contribution in [3.8, 4) is 11.5 Å². The van der Waals surface area contributed by atoms with Crippen molar-refractivity contribution in [2.45, 2.75) is 26.5 Å². The zero-order chi connectivity index (χ0) is 18.5. The number of ether oxygens (including phenoxy) is 3. The predicted octanol–water partition coefficient (Wildman–Crippen LogP) is 3.73. The van der Waals surface area contributed by atoms with Crippen LogP contribution < -0.4 is 14.8 Å². The molecule has 5 heteroatoms. The average Bonchev–Trinajstić information content (AvgIpc) is 2.66. The van der Waals surface area contributed by atoms with Crippen molar-refractivity contribution in [2.24, 2.45) is 5.92 Å². The zero-order valence-electron chi connectivity index (χ0n) is 15.5. The molecule has 3 rings (SSSR count). The van der Waals surface area contributed by atoms with Gasteiger partial charge in [0.2, 0.25) is 0 Å². The van der Waals surface area contributed by atoms with Gasteiger partial charge >= 0.3 is 0 Å². The molecule has 1 aliphatic heterocycles. The molecular formula is C21H25NO4. The number of amides is 1. The van der Waals surface area contributed by atoms with Crippen LogP contribution in [0.15, 0.2) is 42.5 Å². The smallest absolute Gasteiger partial charge is 0.251 e. The number of benzene rings is 2. The molecule has 1 heterocycles. The Bertz CT molecular complexity index is 772. The van der Waals surface area contributed by atoms with Gasteiger partial charge in [-0.1, -0.05) is 32.0 Å². The maximum Gasteiger partial charge on any atom is 0.251 e. The highest BCUT2D eigenvalue weighted by Gasteiger charge is 2.22. The molecule has 0 saturated heterocycles. The molecule has 1 amide bonds. The summed E-state index contributed by atoms with van der Waals surface area (Å²) in [6.07, 6.45) is 0. The lowest BCUT2D eigenvalue weighted by Gasteiger charge is -2.25. The van der Waals surface area contributed by atoms with Crippen LogP contribution in [-0.4, -0.2) is 26.2 Å². The summed E-state index contributed by atoms with van der Waals surface area (Å²) in [5.74, 6) is 1.61. The van der Waals surface area contributed by atoms with Crippen LogP contribution in [0.4, 0.5) is 0 Å². The Kier molecular flexibility index (Phi) is 5.78. The van der Waals surface area contributed by atoms with E-state index in [0.29, 0.717) is 25.4 Å². The molecule has 26 heavy (non-hydrogen) atoms. The van der Waals surface area contributed by atoms with Crippen molar-refractivity contribution in [3.63, 3.8) is 0 Å². The molecule has 0 aromatic heterocycles. The lowest BCUT2D eigenvalue weighted by molar-refractivity contribution is 0.0925. The summed E-state index contributed by atoms with van der Waals surface area (Å²) in [6, 6.07) is 13.2. The second kappa shape index (κ2) is 8.23. The Morgan fingerprint density at radius 1 is 1.12 bits per heavy atom. The van der Waals surface area contributed by atoms with Crippen molar-refractivity contribution in [3.05, 3.63) is 59.2 Å². The van der Waals surface area contributed by atoms with E-state index < -0.39 is 0 Å². The number of fused-ring (bicyclic) bond motifs is 1. The number of nitrogens with one attached hydrogen (secondary N) is 1. The Morgan fingerprint density at radius 2 is 1.88 bits per heavy atom.